The number of carbonyl (C=O) groups is 1. The SMILES string of the molecule is Cc1c(C)c2c(c(C)c1OC(=O)C(C)O)CC[C@](C)(CCC[C@H](C)CCC[C@H](C)CCCC(C)C)O2. The van der Waals surface area contributed by atoms with E-state index in [0.29, 0.717) is 5.75 Å². The second-order valence-corrected chi connectivity index (χ2v) is 12.5. The van der Waals surface area contributed by atoms with Gasteiger partial charge < -0.3 is 14.6 Å². The zero-order valence-electron chi connectivity index (χ0n) is 24.8. The zero-order valence-corrected chi connectivity index (χ0v) is 24.8. The molecule has 4 nitrogen and oxygen atoms in total. The largest absolute Gasteiger partial charge is 0.487 e. The summed E-state index contributed by atoms with van der Waals surface area (Å²) in [6, 6.07) is 0. The Labute approximate surface area is 221 Å². The third kappa shape index (κ3) is 8.78. The molecule has 1 aromatic rings. The van der Waals surface area contributed by atoms with Crippen LogP contribution >= 0.6 is 0 Å². The van der Waals surface area contributed by atoms with Crippen molar-refractivity contribution in [2.75, 3.05) is 0 Å². The van der Waals surface area contributed by atoms with Crippen molar-refractivity contribution in [2.45, 2.75) is 145 Å². The first-order valence-electron chi connectivity index (χ1n) is 14.6. The van der Waals surface area contributed by atoms with Gasteiger partial charge in [0.2, 0.25) is 0 Å². The molecule has 1 aliphatic heterocycles. The maximum atomic E-state index is 12.0. The van der Waals surface area contributed by atoms with Crippen LogP contribution in [0.25, 0.3) is 0 Å². The quantitative estimate of drug-likeness (QED) is 0.205. The molecular formula is C32H54O4. The average molecular weight is 503 g/mol. The molecule has 2 rings (SSSR count). The first kappa shape index (κ1) is 30.7. The van der Waals surface area contributed by atoms with E-state index in [2.05, 4.69) is 34.6 Å². The first-order valence-corrected chi connectivity index (χ1v) is 14.6. The monoisotopic (exact) mass is 502 g/mol. The molecule has 0 radical (unpaired) electrons. The first-order chi connectivity index (χ1) is 16.8. The second-order valence-electron chi connectivity index (χ2n) is 12.5. The normalized spacial score (nSPS) is 20.0. The van der Waals surface area contributed by atoms with Gasteiger partial charge in [0.1, 0.15) is 23.2 Å². The number of aliphatic hydroxyl groups is 1. The molecule has 0 bridgehead atoms. The molecule has 0 fully saturated rings. The number of hydrogen-bond acceptors (Lipinski definition) is 4. The van der Waals surface area contributed by atoms with Crippen LogP contribution in [0.15, 0.2) is 0 Å². The topological polar surface area (TPSA) is 55.8 Å². The van der Waals surface area contributed by atoms with Crippen molar-refractivity contribution in [3.8, 4) is 11.5 Å². The van der Waals surface area contributed by atoms with E-state index in [1.165, 1.54) is 58.3 Å². The zero-order chi connectivity index (χ0) is 27.0. The van der Waals surface area contributed by atoms with Crippen molar-refractivity contribution in [3.05, 3.63) is 22.3 Å². The Morgan fingerprint density at radius 2 is 1.44 bits per heavy atom. The second kappa shape index (κ2) is 13.8. The van der Waals surface area contributed by atoms with Crippen LogP contribution in [0.4, 0.5) is 0 Å². The minimum Gasteiger partial charge on any atom is -0.487 e. The number of fused-ring (bicyclic) bond motifs is 1. The van der Waals surface area contributed by atoms with Crippen LogP contribution in [0.3, 0.4) is 0 Å². The number of aliphatic hydroxyl groups excluding tert-OH is 1. The van der Waals surface area contributed by atoms with E-state index in [9.17, 15) is 9.90 Å². The van der Waals surface area contributed by atoms with Crippen molar-refractivity contribution in [3.63, 3.8) is 0 Å². The minimum absolute atomic E-state index is 0.154. The highest BCUT2D eigenvalue weighted by Crippen LogP contribution is 2.45. The molecule has 206 valence electrons. The lowest BCUT2D eigenvalue weighted by atomic mass is 9.83. The van der Waals surface area contributed by atoms with E-state index >= 15 is 0 Å². The summed E-state index contributed by atoms with van der Waals surface area (Å²) in [6.45, 7) is 19.2. The smallest absolute Gasteiger partial charge is 0.340 e. The van der Waals surface area contributed by atoms with Crippen molar-refractivity contribution >= 4 is 5.97 Å². The molecular weight excluding hydrogens is 448 g/mol. The fourth-order valence-corrected chi connectivity index (χ4v) is 5.60. The van der Waals surface area contributed by atoms with Crippen molar-refractivity contribution in [2.24, 2.45) is 17.8 Å². The van der Waals surface area contributed by atoms with Crippen LogP contribution in [0.5, 0.6) is 11.5 Å². The van der Waals surface area contributed by atoms with E-state index in [1.54, 1.807) is 0 Å². The van der Waals surface area contributed by atoms with Crippen molar-refractivity contribution < 1.29 is 19.4 Å². The number of hydrogen-bond donors (Lipinski definition) is 1. The van der Waals surface area contributed by atoms with Crippen LogP contribution in [0.1, 0.15) is 128 Å². The van der Waals surface area contributed by atoms with Gasteiger partial charge in [0, 0.05) is 5.56 Å². The van der Waals surface area contributed by atoms with E-state index < -0.39 is 12.1 Å². The summed E-state index contributed by atoms with van der Waals surface area (Å²) >= 11 is 0. The van der Waals surface area contributed by atoms with Gasteiger partial charge in [-0.05, 0) is 94.7 Å². The number of rotatable bonds is 14. The predicted octanol–water partition coefficient (Wildman–Crippen LogP) is 8.42. The summed E-state index contributed by atoms with van der Waals surface area (Å²) in [4.78, 5) is 12.0. The fraction of sp³-hybridized carbons (Fsp3) is 0.781. The Morgan fingerprint density at radius 1 is 0.889 bits per heavy atom. The highest BCUT2D eigenvalue weighted by Gasteiger charge is 2.35. The van der Waals surface area contributed by atoms with Gasteiger partial charge >= 0.3 is 5.97 Å². The standard InChI is InChI=1S/C32H54O4/c1-21(2)13-10-14-22(3)15-11-16-23(4)17-12-19-32(9)20-18-28-26(7)29(35-31(34)27(8)33)24(5)25(6)30(28)36-32/h21-23,27,33H,10-20H2,1-9H3/t22-,23-,27?,32+/m1/s1. The van der Waals surface area contributed by atoms with Crippen molar-refractivity contribution in [1.29, 1.82) is 0 Å². The van der Waals surface area contributed by atoms with Crippen LogP contribution < -0.4 is 9.47 Å². The van der Waals surface area contributed by atoms with Gasteiger partial charge in [-0.2, -0.15) is 0 Å². The summed E-state index contributed by atoms with van der Waals surface area (Å²) in [5.74, 6) is 3.39. The van der Waals surface area contributed by atoms with Gasteiger partial charge in [-0.15, -0.1) is 0 Å². The summed E-state index contributed by atoms with van der Waals surface area (Å²) in [5.41, 5.74) is 3.89. The summed E-state index contributed by atoms with van der Waals surface area (Å²) in [5, 5.41) is 9.58. The minimum atomic E-state index is -1.14. The molecule has 0 saturated carbocycles. The maximum absolute atomic E-state index is 12.0. The molecule has 1 heterocycles. The van der Waals surface area contributed by atoms with Crippen LogP contribution in [-0.2, 0) is 11.2 Å². The highest BCUT2D eigenvalue weighted by molar-refractivity contribution is 5.78. The Hall–Kier alpha value is -1.55. The number of benzene rings is 1. The molecule has 4 heteroatoms. The maximum Gasteiger partial charge on any atom is 0.340 e. The third-order valence-electron chi connectivity index (χ3n) is 8.38. The van der Waals surface area contributed by atoms with Crippen molar-refractivity contribution in [1.82, 2.24) is 0 Å². The summed E-state index contributed by atoms with van der Waals surface area (Å²) in [7, 11) is 0. The van der Waals surface area contributed by atoms with Gasteiger partial charge in [-0.3, -0.25) is 0 Å². The summed E-state index contributed by atoms with van der Waals surface area (Å²) in [6.07, 6.45) is 12.4. The lowest BCUT2D eigenvalue weighted by molar-refractivity contribution is -0.142. The Kier molecular flexibility index (Phi) is 11.8. The molecule has 0 aromatic heterocycles. The van der Waals surface area contributed by atoms with Gasteiger partial charge in [-0.25, -0.2) is 4.79 Å². The molecule has 1 N–H and O–H groups in total. The Bertz CT molecular complexity index is 856. The Balaban J connectivity index is 1.86. The predicted molar refractivity (Wildman–Crippen MR) is 150 cm³/mol. The molecule has 0 aliphatic carbocycles. The lowest BCUT2D eigenvalue weighted by Gasteiger charge is -2.38. The number of ether oxygens (including phenoxy) is 2. The molecule has 1 unspecified atom stereocenters. The van der Waals surface area contributed by atoms with E-state index in [0.717, 1.165) is 65.0 Å². The van der Waals surface area contributed by atoms with E-state index in [-0.39, 0.29) is 5.60 Å². The number of esters is 1. The summed E-state index contributed by atoms with van der Waals surface area (Å²) < 4.78 is 12.2. The molecule has 0 amide bonds. The van der Waals surface area contributed by atoms with E-state index in [1.807, 2.05) is 20.8 Å². The van der Waals surface area contributed by atoms with Gasteiger partial charge in [0.15, 0.2) is 0 Å². The average Bonchev–Trinajstić information content (AvgIpc) is 2.79. The molecule has 0 spiro atoms. The van der Waals surface area contributed by atoms with Crippen LogP contribution in [0.2, 0.25) is 0 Å². The highest BCUT2D eigenvalue weighted by atomic mass is 16.6. The van der Waals surface area contributed by atoms with Gasteiger partial charge in [0.05, 0.1) is 0 Å². The molecule has 1 aromatic carbocycles. The molecule has 0 saturated heterocycles. The molecule has 36 heavy (non-hydrogen) atoms. The van der Waals surface area contributed by atoms with E-state index in [4.69, 9.17) is 9.47 Å². The van der Waals surface area contributed by atoms with Gasteiger partial charge in [-0.1, -0.05) is 72.6 Å². The van der Waals surface area contributed by atoms with Gasteiger partial charge in [0.25, 0.3) is 0 Å². The Morgan fingerprint density at radius 3 is 2.00 bits per heavy atom. The molecule has 4 atom stereocenters. The third-order valence-corrected chi connectivity index (χ3v) is 8.38. The molecule has 1 aliphatic rings. The fourth-order valence-electron chi connectivity index (χ4n) is 5.60. The number of carbonyl (C=O) groups excluding carboxylic acids is 1. The van der Waals surface area contributed by atoms with Crippen LogP contribution in [0, 0.1) is 38.5 Å². The van der Waals surface area contributed by atoms with Crippen LogP contribution in [-0.4, -0.2) is 22.8 Å². The lowest BCUT2D eigenvalue weighted by Crippen LogP contribution is -2.37.